The van der Waals surface area contributed by atoms with E-state index in [1.54, 1.807) is 31.3 Å². The van der Waals surface area contributed by atoms with Gasteiger partial charge in [-0.3, -0.25) is 14.1 Å². The van der Waals surface area contributed by atoms with E-state index >= 15 is 0 Å². The van der Waals surface area contributed by atoms with Gasteiger partial charge >= 0.3 is 0 Å². The topological polar surface area (TPSA) is 135 Å². The predicted molar refractivity (Wildman–Crippen MR) is 153 cm³/mol. The van der Waals surface area contributed by atoms with Gasteiger partial charge in [0.1, 0.15) is 22.9 Å². The number of pyridine rings is 1. The third-order valence-corrected chi connectivity index (χ3v) is 7.95. The molecule has 41 heavy (non-hydrogen) atoms. The third kappa shape index (κ3) is 4.72. The predicted octanol–water partition coefficient (Wildman–Crippen LogP) is 5.62. The number of hydrogen-bond acceptors (Lipinski definition) is 8. The monoisotopic (exact) mass is 570 g/mol. The van der Waals surface area contributed by atoms with Crippen LogP contribution >= 0.6 is 0 Å². The van der Waals surface area contributed by atoms with Crippen molar-refractivity contribution in [2.75, 3.05) is 17.6 Å². The molecule has 0 amide bonds. The number of hydrogen-bond donors (Lipinski definition) is 1. The number of rotatable bonds is 7. The van der Waals surface area contributed by atoms with Crippen LogP contribution in [-0.4, -0.2) is 52.4 Å². The number of furan rings is 1. The molecule has 0 aliphatic rings. The first kappa shape index (κ1) is 26.3. The van der Waals surface area contributed by atoms with Gasteiger partial charge in [0, 0.05) is 42.2 Å². The number of sulfonamides is 1. The van der Waals surface area contributed by atoms with Crippen LogP contribution in [-0.2, 0) is 10.0 Å². The Labute approximate surface area is 234 Å². The number of nitrogens with one attached hydrogen (secondary N) is 1. The van der Waals surface area contributed by atoms with Crippen LogP contribution in [0.15, 0.2) is 71.5 Å². The fraction of sp³-hybridized carbons (Fsp3) is 0.138. The van der Waals surface area contributed by atoms with Gasteiger partial charge in [-0.1, -0.05) is 6.92 Å². The Kier molecular flexibility index (Phi) is 6.34. The molecule has 0 aliphatic heterocycles. The van der Waals surface area contributed by atoms with E-state index < -0.39 is 15.8 Å². The van der Waals surface area contributed by atoms with Crippen LogP contribution in [0.25, 0.3) is 56.2 Å². The summed E-state index contributed by atoms with van der Waals surface area (Å²) in [5.74, 6) is 0.0987. The number of ketones is 1. The van der Waals surface area contributed by atoms with Crippen molar-refractivity contribution < 1.29 is 22.0 Å². The van der Waals surface area contributed by atoms with Gasteiger partial charge in [-0.2, -0.15) is 0 Å². The number of imidazole rings is 1. The molecule has 0 fully saturated rings. The van der Waals surface area contributed by atoms with E-state index in [2.05, 4.69) is 19.9 Å². The van der Waals surface area contributed by atoms with Crippen molar-refractivity contribution >= 4 is 43.6 Å². The molecule has 0 saturated heterocycles. The molecule has 0 spiro atoms. The molecule has 0 bridgehead atoms. The van der Waals surface area contributed by atoms with Gasteiger partial charge in [-0.15, -0.1) is 0 Å². The Morgan fingerprint density at radius 2 is 1.83 bits per heavy atom. The zero-order chi connectivity index (χ0) is 28.9. The summed E-state index contributed by atoms with van der Waals surface area (Å²) >= 11 is 0. The SMILES string of the molecule is CCC(=O)c1c(-c2ccc(F)cc2)oc2cc(N(C)S(C)(=O)=O)c(-c3cncc(-c4nc5ncccc5[nH]4)n3)cc12. The van der Waals surface area contributed by atoms with E-state index in [-0.39, 0.29) is 23.7 Å². The molecule has 206 valence electrons. The maximum atomic E-state index is 13.7. The van der Waals surface area contributed by atoms with Crippen LogP contribution < -0.4 is 4.31 Å². The summed E-state index contributed by atoms with van der Waals surface area (Å²) < 4.78 is 46.3. The van der Waals surface area contributed by atoms with E-state index in [1.165, 1.54) is 43.7 Å². The molecule has 6 aromatic rings. The molecule has 0 atom stereocenters. The number of aromatic amines is 1. The minimum Gasteiger partial charge on any atom is -0.455 e. The van der Waals surface area contributed by atoms with Crippen molar-refractivity contribution in [3.8, 4) is 34.1 Å². The Balaban J connectivity index is 1.61. The molecule has 0 saturated carbocycles. The van der Waals surface area contributed by atoms with Crippen LogP contribution in [0.5, 0.6) is 0 Å². The number of carbonyl (C=O) groups excluding carboxylic acids is 1. The average molecular weight is 571 g/mol. The number of aromatic nitrogens is 5. The number of fused-ring (bicyclic) bond motifs is 2. The first-order valence-electron chi connectivity index (χ1n) is 12.6. The van der Waals surface area contributed by atoms with E-state index in [0.717, 1.165) is 16.1 Å². The van der Waals surface area contributed by atoms with Crippen molar-refractivity contribution in [1.82, 2.24) is 24.9 Å². The first-order valence-corrected chi connectivity index (χ1v) is 14.5. The number of halogens is 1. The minimum absolute atomic E-state index is 0.187. The number of H-pyrrole nitrogens is 1. The second-order valence-electron chi connectivity index (χ2n) is 9.44. The fourth-order valence-corrected chi connectivity index (χ4v) is 5.12. The number of nitrogens with zero attached hydrogens (tertiary/aromatic N) is 5. The maximum Gasteiger partial charge on any atom is 0.232 e. The normalized spacial score (nSPS) is 11.8. The summed E-state index contributed by atoms with van der Waals surface area (Å²) in [7, 11) is -2.29. The van der Waals surface area contributed by atoms with Gasteiger partial charge < -0.3 is 9.40 Å². The number of Topliss-reactive ketones (excluding diaryl/α,β-unsaturated/α-hetero) is 1. The quantitative estimate of drug-likeness (QED) is 0.244. The largest absolute Gasteiger partial charge is 0.455 e. The molecular weight excluding hydrogens is 547 g/mol. The Morgan fingerprint density at radius 1 is 1.07 bits per heavy atom. The summed E-state index contributed by atoms with van der Waals surface area (Å²) in [6.45, 7) is 1.74. The van der Waals surface area contributed by atoms with Crippen molar-refractivity contribution in [2.45, 2.75) is 13.3 Å². The van der Waals surface area contributed by atoms with Crippen LogP contribution in [0.2, 0.25) is 0 Å². The Bertz CT molecular complexity index is 2040. The fourth-order valence-electron chi connectivity index (χ4n) is 4.61. The Hall–Kier alpha value is -4.97. The number of carbonyl (C=O) groups is 1. The molecule has 0 aliphatic carbocycles. The van der Waals surface area contributed by atoms with E-state index in [0.29, 0.717) is 50.5 Å². The minimum atomic E-state index is -3.71. The lowest BCUT2D eigenvalue weighted by atomic mass is 9.98. The van der Waals surface area contributed by atoms with Gasteiger partial charge in [0.05, 0.1) is 41.1 Å². The van der Waals surface area contributed by atoms with E-state index in [9.17, 15) is 17.6 Å². The van der Waals surface area contributed by atoms with Crippen molar-refractivity contribution in [1.29, 1.82) is 0 Å². The highest BCUT2D eigenvalue weighted by Crippen LogP contribution is 2.41. The average Bonchev–Trinajstić information content (AvgIpc) is 3.57. The van der Waals surface area contributed by atoms with Gasteiger partial charge in [-0.25, -0.2) is 27.8 Å². The van der Waals surface area contributed by atoms with Gasteiger partial charge in [-0.05, 0) is 42.5 Å². The zero-order valence-electron chi connectivity index (χ0n) is 22.2. The lowest BCUT2D eigenvalue weighted by Crippen LogP contribution is -2.25. The summed E-state index contributed by atoms with van der Waals surface area (Å²) in [6, 6.07) is 12.5. The van der Waals surface area contributed by atoms with Crippen LogP contribution in [0, 0.1) is 5.82 Å². The molecule has 1 N–H and O–H groups in total. The number of anilines is 1. The highest BCUT2D eigenvalue weighted by atomic mass is 32.2. The van der Waals surface area contributed by atoms with Gasteiger partial charge in [0.2, 0.25) is 10.0 Å². The highest BCUT2D eigenvalue weighted by Gasteiger charge is 2.26. The summed E-state index contributed by atoms with van der Waals surface area (Å²) in [5, 5.41) is 0.469. The summed E-state index contributed by atoms with van der Waals surface area (Å²) in [4.78, 5) is 34.2. The molecule has 4 aromatic heterocycles. The van der Waals surface area contributed by atoms with E-state index in [1.807, 2.05) is 6.07 Å². The lowest BCUT2D eigenvalue weighted by molar-refractivity contribution is 0.0989. The Morgan fingerprint density at radius 3 is 2.54 bits per heavy atom. The molecule has 4 heterocycles. The van der Waals surface area contributed by atoms with Crippen molar-refractivity contribution in [2.24, 2.45) is 0 Å². The molecule has 0 radical (unpaired) electrons. The van der Waals surface area contributed by atoms with Gasteiger partial charge in [0.25, 0.3) is 0 Å². The first-order chi connectivity index (χ1) is 19.6. The number of benzene rings is 2. The standard InChI is InChI=1S/C29H23FN6O4S/c1-4-24(37)26-19-12-18(21-14-31-15-22(33-21)29-34-20-6-5-11-32-28(20)35-29)23(36(2)41(3,38)39)13-25(19)40-27(26)16-7-9-17(30)10-8-16/h5-15H,4H2,1-3H3,(H,32,34,35). The molecule has 10 nitrogen and oxygen atoms in total. The third-order valence-electron chi connectivity index (χ3n) is 6.76. The van der Waals surface area contributed by atoms with Crippen LogP contribution in [0.4, 0.5) is 10.1 Å². The van der Waals surface area contributed by atoms with E-state index in [4.69, 9.17) is 9.40 Å². The van der Waals surface area contributed by atoms with Gasteiger partial charge in [0.15, 0.2) is 17.3 Å². The second-order valence-corrected chi connectivity index (χ2v) is 11.4. The smallest absolute Gasteiger partial charge is 0.232 e. The molecular formula is C29H23FN6O4S. The van der Waals surface area contributed by atoms with Crippen molar-refractivity contribution in [3.05, 3.63) is 78.5 Å². The van der Waals surface area contributed by atoms with Crippen molar-refractivity contribution in [3.63, 3.8) is 0 Å². The van der Waals surface area contributed by atoms with Crippen LogP contribution in [0.3, 0.4) is 0 Å². The molecule has 6 rings (SSSR count). The molecule has 12 heteroatoms. The second kappa shape index (κ2) is 9.89. The lowest BCUT2D eigenvalue weighted by Gasteiger charge is -2.20. The summed E-state index contributed by atoms with van der Waals surface area (Å²) in [6.07, 6.45) is 5.96. The molecule has 2 aromatic carbocycles. The summed E-state index contributed by atoms with van der Waals surface area (Å²) in [5.41, 5.74) is 3.81. The highest BCUT2D eigenvalue weighted by molar-refractivity contribution is 7.92. The maximum absolute atomic E-state index is 13.7. The van der Waals surface area contributed by atoms with Crippen LogP contribution in [0.1, 0.15) is 23.7 Å². The zero-order valence-corrected chi connectivity index (χ0v) is 23.0. The molecule has 0 unspecified atom stereocenters.